The Morgan fingerprint density at radius 1 is 1.37 bits per heavy atom. The van der Waals surface area contributed by atoms with Gasteiger partial charge < -0.3 is 10.4 Å². The van der Waals surface area contributed by atoms with E-state index in [1.54, 1.807) is 11.8 Å². The maximum Gasteiger partial charge on any atom is 0.321 e. The molecular formula is C15H19NO2S. The highest BCUT2D eigenvalue weighted by atomic mass is 32.2. The van der Waals surface area contributed by atoms with E-state index in [2.05, 4.69) is 23.5 Å². The van der Waals surface area contributed by atoms with Gasteiger partial charge in [0.2, 0.25) is 0 Å². The van der Waals surface area contributed by atoms with Crippen LogP contribution in [-0.4, -0.2) is 28.9 Å². The molecule has 1 fully saturated rings. The van der Waals surface area contributed by atoms with Crippen LogP contribution in [0.25, 0.3) is 0 Å². The van der Waals surface area contributed by atoms with E-state index in [4.69, 9.17) is 0 Å². The molecule has 3 rings (SSSR count). The van der Waals surface area contributed by atoms with E-state index in [0.29, 0.717) is 11.8 Å². The first-order valence-electron chi connectivity index (χ1n) is 6.96. The van der Waals surface area contributed by atoms with Crippen molar-refractivity contribution < 1.29 is 9.90 Å². The Labute approximate surface area is 117 Å². The van der Waals surface area contributed by atoms with E-state index >= 15 is 0 Å². The summed E-state index contributed by atoms with van der Waals surface area (Å²) < 4.78 is 0. The number of nitrogens with one attached hydrogen (secondary N) is 1. The molecule has 3 nitrogen and oxygen atoms in total. The summed E-state index contributed by atoms with van der Waals surface area (Å²) in [5.41, 5.74) is 2.92. The number of fused-ring (bicyclic) bond motifs is 1. The second-order valence-corrected chi connectivity index (χ2v) is 6.52. The summed E-state index contributed by atoms with van der Waals surface area (Å²) in [7, 11) is 0. The van der Waals surface area contributed by atoms with Crippen molar-refractivity contribution in [2.75, 3.05) is 5.75 Å². The van der Waals surface area contributed by atoms with Crippen molar-refractivity contribution in [3.63, 3.8) is 0 Å². The van der Waals surface area contributed by atoms with E-state index in [1.807, 2.05) is 0 Å². The Morgan fingerprint density at radius 2 is 2.16 bits per heavy atom. The van der Waals surface area contributed by atoms with Crippen LogP contribution in [0.2, 0.25) is 0 Å². The number of carboxylic acid groups (broad SMARTS) is 1. The maximum absolute atomic E-state index is 11.2. The van der Waals surface area contributed by atoms with Gasteiger partial charge in [-0.2, -0.15) is 0 Å². The standard InChI is InChI=1S/C15H19NO2S/c17-15(18)14(16-12-5-6-12)9-19-13-7-4-10-2-1-3-11(10)8-13/h4,7-8,12,14,16H,1-3,5-6,9H2,(H,17,18). The quantitative estimate of drug-likeness (QED) is 0.784. The summed E-state index contributed by atoms with van der Waals surface area (Å²) in [6, 6.07) is 6.58. The van der Waals surface area contributed by atoms with Crippen LogP contribution in [0.4, 0.5) is 0 Å². The summed E-state index contributed by atoms with van der Waals surface area (Å²) in [5.74, 6) is -0.134. The average molecular weight is 277 g/mol. The fourth-order valence-corrected chi connectivity index (χ4v) is 3.53. The number of hydrogen-bond donors (Lipinski definition) is 2. The summed E-state index contributed by atoms with van der Waals surface area (Å²) in [6.45, 7) is 0. The van der Waals surface area contributed by atoms with Gasteiger partial charge in [-0.1, -0.05) is 6.07 Å². The lowest BCUT2D eigenvalue weighted by atomic mass is 10.1. The molecule has 0 bridgehead atoms. The molecular weight excluding hydrogens is 258 g/mol. The summed E-state index contributed by atoms with van der Waals surface area (Å²) in [5, 5.41) is 12.4. The fourth-order valence-electron chi connectivity index (χ4n) is 2.54. The van der Waals surface area contributed by atoms with Crippen LogP contribution in [0.5, 0.6) is 0 Å². The molecule has 19 heavy (non-hydrogen) atoms. The summed E-state index contributed by atoms with van der Waals surface area (Å²) in [6.07, 6.45) is 5.86. The Balaban J connectivity index is 1.59. The van der Waals surface area contributed by atoms with Crippen molar-refractivity contribution in [1.29, 1.82) is 0 Å². The molecule has 4 heteroatoms. The zero-order valence-corrected chi connectivity index (χ0v) is 11.7. The zero-order valence-electron chi connectivity index (χ0n) is 10.9. The van der Waals surface area contributed by atoms with Gasteiger partial charge in [-0.3, -0.25) is 4.79 Å². The lowest BCUT2D eigenvalue weighted by Gasteiger charge is -2.13. The number of hydrogen-bond acceptors (Lipinski definition) is 3. The van der Waals surface area contributed by atoms with Crippen LogP contribution in [0.3, 0.4) is 0 Å². The molecule has 0 radical (unpaired) electrons. The molecule has 1 atom stereocenters. The van der Waals surface area contributed by atoms with Gasteiger partial charge in [0.25, 0.3) is 0 Å². The van der Waals surface area contributed by atoms with Crippen LogP contribution in [0, 0.1) is 0 Å². The molecule has 2 aliphatic rings. The highest BCUT2D eigenvalue weighted by Gasteiger charge is 2.28. The number of thioether (sulfide) groups is 1. The molecule has 0 amide bonds. The van der Waals surface area contributed by atoms with E-state index in [0.717, 1.165) is 12.8 Å². The number of carboxylic acids is 1. The zero-order chi connectivity index (χ0) is 13.2. The van der Waals surface area contributed by atoms with E-state index in [1.165, 1.54) is 35.3 Å². The number of rotatable bonds is 6. The number of carbonyl (C=O) groups is 1. The van der Waals surface area contributed by atoms with Crippen LogP contribution < -0.4 is 5.32 Å². The molecule has 0 heterocycles. The summed E-state index contributed by atoms with van der Waals surface area (Å²) >= 11 is 1.65. The fraction of sp³-hybridized carbons (Fsp3) is 0.533. The monoisotopic (exact) mass is 277 g/mol. The van der Waals surface area contributed by atoms with Gasteiger partial charge in [0.1, 0.15) is 6.04 Å². The normalized spacial score (nSPS) is 19.2. The second kappa shape index (κ2) is 5.55. The molecule has 2 aliphatic carbocycles. The Morgan fingerprint density at radius 3 is 2.89 bits per heavy atom. The third-order valence-corrected chi connectivity index (χ3v) is 4.89. The van der Waals surface area contributed by atoms with Gasteiger partial charge in [0.15, 0.2) is 0 Å². The third kappa shape index (κ3) is 3.31. The maximum atomic E-state index is 11.2. The highest BCUT2D eigenvalue weighted by Crippen LogP contribution is 2.28. The van der Waals surface area contributed by atoms with Gasteiger partial charge >= 0.3 is 5.97 Å². The Bertz CT molecular complexity index is 485. The van der Waals surface area contributed by atoms with E-state index in [9.17, 15) is 9.90 Å². The summed E-state index contributed by atoms with van der Waals surface area (Å²) in [4.78, 5) is 12.4. The van der Waals surface area contributed by atoms with E-state index < -0.39 is 12.0 Å². The number of aliphatic carboxylic acids is 1. The molecule has 1 aromatic rings. The molecule has 0 aromatic heterocycles. The van der Waals surface area contributed by atoms with Crippen molar-refractivity contribution in [2.24, 2.45) is 0 Å². The van der Waals surface area contributed by atoms with Crippen molar-refractivity contribution >= 4 is 17.7 Å². The van der Waals surface area contributed by atoms with Crippen molar-refractivity contribution in [2.45, 2.75) is 49.1 Å². The first-order chi connectivity index (χ1) is 9.22. The molecule has 0 saturated heterocycles. The van der Waals surface area contributed by atoms with E-state index in [-0.39, 0.29) is 0 Å². The number of benzene rings is 1. The SMILES string of the molecule is O=C(O)C(CSc1ccc2c(c1)CCC2)NC1CC1. The molecule has 2 N–H and O–H groups in total. The van der Waals surface area contributed by atoms with Gasteiger partial charge in [-0.15, -0.1) is 11.8 Å². The van der Waals surface area contributed by atoms with Crippen LogP contribution >= 0.6 is 11.8 Å². The van der Waals surface area contributed by atoms with Crippen molar-refractivity contribution in [3.05, 3.63) is 29.3 Å². The molecule has 1 aromatic carbocycles. The topological polar surface area (TPSA) is 49.3 Å². The molecule has 1 unspecified atom stereocenters. The number of aryl methyl sites for hydroxylation is 2. The molecule has 102 valence electrons. The minimum atomic E-state index is -0.736. The predicted molar refractivity (Wildman–Crippen MR) is 76.8 cm³/mol. The smallest absolute Gasteiger partial charge is 0.321 e. The third-order valence-electron chi connectivity index (χ3n) is 3.80. The van der Waals surface area contributed by atoms with Crippen molar-refractivity contribution in [3.8, 4) is 0 Å². The van der Waals surface area contributed by atoms with Crippen LogP contribution in [-0.2, 0) is 17.6 Å². The van der Waals surface area contributed by atoms with Gasteiger partial charge in [-0.05, 0) is 55.4 Å². The lowest BCUT2D eigenvalue weighted by molar-refractivity contribution is -0.138. The average Bonchev–Trinajstić information content (AvgIpc) is 3.09. The van der Waals surface area contributed by atoms with Crippen molar-refractivity contribution in [1.82, 2.24) is 5.32 Å². The van der Waals surface area contributed by atoms with Gasteiger partial charge in [-0.25, -0.2) is 0 Å². The minimum Gasteiger partial charge on any atom is -0.480 e. The molecule has 0 spiro atoms. The largest absolute Gasteiger partial charge is 0.480 e. The van der Waals surface area contributed by atoms with Gasteiger partial charge in [0.05, 0.1) is 0 Å². The van der Waals surface area contributed by atoms with Crippen LogP contribution in [0.15, 0.2) is 23.1 Å². The molecule has 0 aliphatic heterocycles. The van der Waals surface area contributed by atoms with Gasteiger partial charge in [0, 0.05) is 16.7 Å². The first kappa shape index (κ1) is 13.0. The molecule has 1 saturated carbocycles. The lowest BCUT2D eigenvalue weighted by Crippen LogP contribution is -2.40. The minimum absolute atomic E-state index is 0.425. The predicted octanol–water partition coefficient (Wildman–Crippen LogP) is 2.47. The Kier molecular flexibility index (Phi) is 3.80. The van der Waals surface area contributed by atoms with Crippen LogP contribution in [0.1, 0.15) is 30.4 Å². The second-order valence-electron chi connectivity index (χ2n) is 5.43. The Hall–Kier alpha value is -1.00. The highest BCUT2D eigenvalue weighted by molar-refractivity contribution is 7.99. The first-order valence-corrected chi connectivity index (χ1v) is 7.94.